The van der Waals surface area contributed by atoms with Crippen molar-refractivity contribution in [2.24, 2.45) is 0 Å². The van der Waals surface area contributed by atoms with Crippen LogP contribution in [-0.4, -0.2) is 28.5 Å². The summed E-state index contributed by atoms with van der Waals surface area (Å²) in [7, 11) is 0. The second-order valence-corrected chi connectivity index (χ2v) is 6.00. The van der Waals surface area contributed by atoms with E-state index in [1.807, 2.05) is 48.5 Å². The number of carbonyl (C=O) groups excluding carboxylic acids is 1. The summed E-state index contributed by atoms with van der Waals surface area (Å²) in [6, 6.07) is 15.3. The second kappa shape index (κ2) is 7.74. The van der Waals surface area contributed by atoms with Gasteiger partial charge >= 0.3 is 5.97 Å². The molecule has 0 unspecified atom stereocenters. The second-order valence-electron chi connectivity index (χ2n) is 6.00. The van der Waals surface area contributed by atoms with Gasteiger partial charge in [-0.2, -0.15) is 0 Å². The Morgan fingerprint density at radius 1 is 1.15 bits per heavy atom. The van der Waals surface area contributed by atoms with Crippen molar-refractivity contribution in [1.82, 2.24) is 10.3 Å². The minimum atomic E-state index is -1.02. The summed E-state index contributed by atoms with van der Waals surface area (Å²) in [6.45, 7) is 2.24. The zero-order valence-corrected chi connectivity index (χ0v) is 14.4. The van der Waals surface area contributed by atoms with Crippen molar-refractivity contribution in [3.8, 4) is 5.75 Å². The number of H-pyrrole nitrogens is 1. The number of hydrogen-bond donors (Lipinski definition) is 3. The van der Waals surface area contributed by atoms with Crippen LogP contribution >= 0.6 is 0 Å². The van der Waals surface area contributed by atoms with E-state index in [0.717, 1.165) is 16.5 Å². The molecule has 1 heterocycles. The van der Waals surface area contributed by atoms with Gasteiger partial charge in [-0.05, 0) is 35.7 Å². The molecule has 3 rings (SSSR count). The molecule has 134 valence electrons. The lowest BCUT2D eigenvalue weighted by molar-refractivity contribution is -0.118. The number of aromatic carboxylic acids is 1. The van der Waals surface area contributed by atoms with Gasteiger partial charge in [-0.15, -0.1) is 0 Å². The van der Waals surface area contributed by atoms with Gasteiger partial charge in [0.25, 0.3) is 0 Å². The molecule has 0 radical (unpaired) electrons. The lowest BCUT2D eigenvalue weighted by Crippen LogP contribution is -2.22. The number of ether oxygens (including phenoxy) is 1. The molecule has 1 amide bonds. The number of carbonyl (C=O) groups is 2. The molecule has 0 fully saturated rings. The Hall–Kier alpha value is -3.28. The Labute approximate surface area is 150 Å². The highest BCUT2D eigenvalue weighted by molar-refractivity contribution is 5.97. The third kappa shape index (κ3) is 4.03. The van der Waals surface area contributed by atoms with E-state index < -0.39 is 5.97 Å². The van der Waals surface area contributed by atoms with E-state index in [1.165, 1.54) is 6.92 Å². The van der Waals surface area contributed by atoms with E-state index in [9.17, 15) is 14.7 Å². The highest BCUT2D eigenvalue weighted by Crippen LogP contribution is 2.27. The topological polar surface area (TPSA) is 91.4 Å². The van der Waals surface area contributed by atoms with Crippen molar-refractivity contribution in [2.45, 2.75) is 20.0 Å². The Morgan fingerprint density at radius 2 is 1.92 bits per heavy atom. The van der Waals surface area contributed by atoms with Crippen molar-refractivity contribution in [2.75, 3.05) is 6.54 Å². The maximum absolute atomic E-state index is 11.5. The maximum atomic E-state index is 11.5. The molecular formula is C20H20N2O4. The Morgan fingerprint density at radius 3 is 2.62 bits per heavy atom. The highest BCUT2D eigenvalue weighted by Gasteiger charge is 2.17. The zero-order chi connectivity index (χ0) is 18.5. The van der Waals surface area contributed by atoms with E-state index >= 15 is 0 Å². The predicted octanol–water partition coefficient (Wildman–Crippen LogP) is 3.12. The minimum absolute atomic E-state index is 0.144. The smallest absolute Gasteiger partial charge is 0.352 e. The van der Waals surface area contributed by atoms with Gasteiger partial charge < -0.3 is 20.1 Å². The monoisotopic (exact) mass is 352 g/mol. The van der Waals surface area contributed by atoms with E-state index in [0.29, 0.717) is 30.9 Å². The van der Waals surface area contributed by atoms with Crippen LogP contribution in [-0.2, 0) is 17.8 Å². The molecule has 0 bridgehead atoms. The molecule has 0 spiro atoms. The average molecular weight is 352 g/mol. The number of hydrogen-bond acceptors (Lipinski definition) is 3. The molecule has 1 aromatic heterocycles. The lowest BCUT2D eigenvalue weighted by atomic mass is 10.1. The standard InChI is InChI=1S/C20H20N2O4/c1-13(23)21-10-9-16-17-11-15(26-12-14-5-3-2-4-6-14)7-8-18(17)22-19(16)20(24)25/h2-8,11,22H,9-10,12H2,1H3,(H,21,23)(H,24,25). The number of carboxylic acid groups (broad SMARTS) is 1. The van der Waals surface area contributed by atoms with E-state index in [-0.39, 0.29) is 11.6 Å². The van der Waals surface area contributed by atoms with E-state index in [1.54, 1.807) is 0 Å². The first-order valence-electron chi connectivity index (χ1n) is 8.33. The van der Waals surface area contributed by atoms with E-state index in [2.05, 4.69) is 10.3 Å². The summed E-state index contributed by atoms with van der Waals surface area (Å²) in [5, 5.41) is 12.9. The number of benzene rings is 2. The summed E-state index contributed by atoms with van der Waals surface area (Å²) in [6.07, 6.45) is 0.420. The zero-order valence-electron chi connectivity index (χ0n) is 14.4. The third-order valence-electron chi connectivity index (χ3n) is 4.09. The van der Waals surface area contributed by atoms with Gasteiger partial charge in [0.1, 0.15) is 18.1 Å². The van der Waals surface area contributed by atoms with Crippen molar-refractivity contribution >= 4 is 22.8 Å². The molecule has 0 aliphatic rings. The Bertz CT molecular complexity index is 932. The third-order valence-corrected chi connectivity index (χ3v) is 4.09. The fourth-order valence-electron chi connectivity index (χ4n) is 2.86. The first-order chi connectivity index (χ1) is 12.5. The molecule has 0 atom stereocenters. The Kier molecular flexibility index (Phi) is 5.22. The van der Waals surface area contributed by atoms with Crippen molar-refractivity contribution in [3.05, 3.63) is 65.4 Å². The lowest BCUT2D eigenvalue weighted by Gasteiger charge is -2.07. The van der Waals surface area contributed by atoms with Crippen LogP contribution in [0.1, 0.15) is 28.5 Å². The molecule has 3 N–H and O–H groups in total. The van der Waals surface area contributed by atoms with Gasteiger partial charge in [-0.1, -0.05) is 30.3 Å². The molecule has 0 aliphatic carbocycles. The molecule has 6 nitrogen and oxygen atoms in total. The van der Waals surface area contributed by atoms with Gasteiger partial charge in [0.05, 0.1) is 0 Å². The van der Waals surface area contributed by atoms with Crippen LogP contribution in [0, 0.1) is 0 Å². The summed E-state index contributed by atoms with van der Waals surface area (Å²) in [5.74, 6) is -0.502. The minimum Gasteiger partial charge on any atom is -0.489 e. The molecule has 0 saturated heterocycles. The average Bonchev–Trinajstić information content (AvgIpc) is 2.99. The van der Waals surface area contributed by atoms with Crippen LogP contribution in [0.5, 0.6) is 5.75 Å². The van der Waals surface area contributed by atoms with Crippen LogP contribution in [0.4, 0.5) is 0 Å². The first kappa shape index (κ1) is 17.5. The predicted molar refractivity (Wildman–Crippen MR) is 98.4 cm³/mol. The van der Waals surface area contributed by atoms with Crippen LogP contribution in [0.2, 0.25) is 0 Å². The number of carboxylic acids is 1. The molecular weight excluding hydrogens is 332 g/mol. The van der Waals surface area contributed by atoms with Crippen LogP contribution in [0.25, 0.3) is 10.9 Å². The SMILES string of the molecule is CC(=O)NCCc1c(C(=O)O)[nH]c2ccc(OCc3ccccc3)cc12. The molecule has 6 heteroatoms. The van der Waals surface area contributed by atoms with Crippen LogP contribution in [0.15, 0.2) is 48.5 Å². The molecule has 2 aromatic carbocycles. The van der Waals surface area contributed by atoms with Crippen LogP contribution in [0.3, 0.4) is 0 Å². The summed E-state index contributed by atoms with van der Waals surface area (Å²) in [4.78, 5) is 25.5. The highest BCUT2D eigenvalue weighted by atomic mass is 16.5. The number of rotatable bonds is 7. The van der Waals surface area contributed by atoms with Gasteiger partial charge in [0.2, 0.25) is 5.91 Å². The summed E-state index contributed by atoms with van der Waals surface area (Å²) >= 11 is 0. The Balaban J connectivity index is 1.86. The summed E-state index contributed by atoms with van der Waals surface area (Å²) in [5.41, 5.74) is 2.59. The van der Waals surface area contributed by atoms with Gasteiger partial charge in [-0.25, -0.2) is 4.79 Å². The van der Waals surface area contributed by atoms with Crippen molar-refractivity contribution < 1.29 is 19.4 Å². The molecule has 3 aromatic rings. The van der Waals surface area contributed by atoms with Gasteiger partial charge in [-0.3, -0.25) is 4.79 Å². The fourth-order valence-corrected chi connectivity index (χ4v) is 2.86. The van der Waals surface area contributed by atoms with Gasteiger partial charge in [0, 0.05) is 24.4 Å². The van der Waals surface area contributed by atoms with Crippen molar-refractivity contribution in [1.29, 1.82) is 0 Å². The first-order valence-corrected chi connectivity index (χ1v) is 8.33. The van der Waals surface area contributed by atoms with E-state index in [4.69, 9.17) is 4.74 Å². The molecule has 0 aliphatic heterocycles. The summed E-state index contributed by atoms with van der Waals surface area (Å²) < 4.78 is 5.84. The quantitative estimate of drug-likeness (QED) is 0.609. The number of amides is 1. The number of fused-ring (bicyclic) bond motifs is 1. The normalized spacial score (nSPS) is 10.7. The maximum Gasteiger partial charge on any atom is 0.352 e. The van der Waals surface area contributed by atoms with Crippen LogP contribution < -0.4 is 10.1 Å². The number of aromatic amines is 1. The van der Waals surface area contributed by atoms with Crippen molar-refractivity contribution in [3.63, 3.8) is 0 Å². The molecule has 26 heavy (non-hydrogen) atoms. The van der Waals surface area contributed by atoms with Gasteiger partial charge in [0.15, 0.2) is 0 Å². The largest absolute Gasteiger partial charge is 0.489 e. The molecule has 0 saturated carbocycles. The number of aromatic nitrogens is 1. The number of nitrogens with one attached hydrogen (secondary N) is 2. The fraction of sp³-hybridized carbons (Fsp3) is 0.200.